The van der Waals surface area contributed by atoms with Crippen LogP contribution in [0.2, 0.25) is 10.0 Å². The zero-order valence-electron chi connectivity index (χ0n) is 73.5. The third kappa shape index (κ3) is 19.2. The minimum absolute atomic E-state index is 0.151. The summed E-state index contributed by atoms with van der Waals surface area (Å²) in [5, 5.41) is 1.05. The highest BCUT2D eigenvalue weighted by molar-refractivity contribution is 6.42. The third-order valence-electron chi connectivity index (χ3n) is 27.0. The van der Waals surface area contributed by atoms with Crippen LogP contribution < -0.4 is 9.80 Å². The van der Waals surface area contributed by atoms with E-state index < -0.39 is 0 Å². The summed E-state index contributed by atoms with van der Waals surface area (Å²) in [4.78, 5) is 47.1. The quantitative estimate of drug-likeness (QED) is 0.0630. The SMILES string of the molecule is Fc1ccc(-c2nc3n(c2-c2ccncc2)[C@H](CN2CCC(Cc4ccccc4)CC2)CC3)cc1.Fc1ccc(-c2nc3n(c2-c2ccncc2)[C@H](CN2CCN(c4ccccc4)CC2)CC3)cc1.Fc1ccc(-c2nc3n(c2-c2ccncc2)[C@H](CN2CCc4ccccc42)CC3)cc1.Fc1ccc(-c2nc3n(c2-c2ccncc2)[C@H](COCc2ccc(Cl)c(Cl)c2)CC3)cc1. The topological polar surface area (TPSA) is 145 Å². The van der Waals surface area contributed by atoms with Crippen molar-refractivity contribution in [3.8, 4) is 90.1 Å². The second-order valence-corrected chi connectivity index (χ2v) is 36.1. The van der Waals surface area contributed by atoms with Crippen LogP contribution in [0.4, 0.5) is 28.9 Å². The van der Waals surface area contributed by atoms with E-state index >= 15 is 0 Å². The van der Waals surface area contributed by atoms with Crippen molar-refractivity contribution in [2.75, 3.05) is 81.9 Å². The van der Waals surface area contributed by atoms with Gasteiger partial charge in [0.25, 0.3) is 0 Å². The van der Waals surface area contributed by atoms with Gasteiger partial charge in [-0.25, -0.2) is 37.5 Å². The van der Waals surface area contributed by atoms with Crippen molar-refractivity contribution in [3.05, 3.63) is 372 Å². The number of nitrogens with zero attached hydrogens (tertiary/aromatic N) is 16. The third-order valence-corrected chi connectivity index (χ3v) is 27.7. The maximum absolute atomic E-state index is 13.6. The van der Waals surface area contributed by atoms with Crippen LogP contribution in [-0.4, -0.2) is 140 Å². The Morgan fingerprint density at radius 1 is 0.318 bits per heavy atom. The Hall–Kier alpha value is -13.0. The molecule has 0 radical (unpaired) electrons. The maximum Gasteiger partial charge on any atom is 0.123 e. The van der Waals surface area contributed by atoms with Gasteiger partial charge in [0, 0.05) is 196 Å². The first-order valence-corrected chi connectivity index (χ1v) is 46.9. The van der Waals surface area contributed by atoms with Crippen LogP contribution in [-0.2, 0) is 49.9 Å². The fourth-order valence-electron chi connectivity index (χ4n) is 20.5. The molecule has 15 heterocycles. The molecule has 23 heteroatoms. The van der Waals surface area contributed by atoms with Gasteiger partial charge in [0.05, 0.1) is 80.9 Å². The fraction of sp³-hybridized carbons (Fsp3) is 0.266. The van der Waals surface area contributed by atoms with Crippen LogP contribution in [0.3, 0.4) is 0 Å². The smallest absolute Gasteiger partial charge is 0.123 e. The number of pyridine rings is 4. The minimum atomic E-state index is -0.264. The molecule has 16 aromatic rings. The van der Waals surface area contributed by atoms with Gasteiger partial charge in [-0.1, -0.05) is 96.0 Å². The average molecular weight is 1800 g/mol. The number of piperazine rings is 1. The lowest BCUT2D eigenvalue weighted by Gasteiger charge is -2.37. The van der Waals surface area contributed by atoms with Gasteiger partial charge in [-0.15, -0.1) is 0 Å². The maximum atomic E-state index is 13.6. The van der Waals surface area contributed by atoms with E-state index in [-0.39, 0.29) is 29.3 Å². The molecule has 0 N–H and O–H groups in total. The van der Waals surface area contributed by atoms with E-state index in [1.807, 2.05) is 122 Å². The molecule has 666 valence electrons. The van der Waals surface area contributed by atoms with Gasteiger partial charge in [0.2, 0.25) is 0 Å². The molecule has 7 aliphatic heterocycles. The van der Waals surface area contributed by atoms with Gasteiger partial charge >= 0.3 is 0 Å². The lowest BCUT2D eigenvalue weighted by molar-refractivity contribution is 0.0925. The highest BCUT2D eigenvalue weighted by atomic mass is 35.5. The van der Waals surface area contributed by atoms with Crippen LogP contribution in [0.1, 0.15) is 103 Å². The number of piperidine rings is 1. The van der Waals surface area contributed by atoms with Crippen molar-refractivity contribution >= 4 is 34.6 Å². The fourth-order valence-corrected chi connectivity index (χ4v) is 20.8. The minimum Gasteiger partial charge on any atom is -0.375 e. The molecule has 0 aliphatic carbocycles. The van der Waals surface area contributed by atoms with Crippen LogP contribution >= 0.6 is 23.2 Å². The molecule has 2 saturated heterocycles. The molecule has 0 amide bonds. The second-order valence-electron chi connectivity index (χ2n) is 35.3. The van der Waals surface area contributed by atoms with Crippen LogP contribution in [0.25, 0.3) is 90.1 Å². The number of aromatic nitrogens is 12. The Kier molecular flexibility index (Phi) is 26.3. The predicted octanol–water partition coefficient (Wildman–Crippen LogP) is 23.3. The summed E-state index contributed by atoms with van der Waals surface area (Å²) in [6, 6.07) is 79.9. The molecule has 132 heavy (non-hydrogen) atoms. The van der Waals surface area contributed by atoms with E-state index in [1.165, 1.54) is 90.3 Å². The summed E-state index contributed by atoms with van der Waals surface area (Å²) >= 11 is 12.1. The van der Waals surface area contributed by atoms with E-state index in [4.69, 9.17) is 47.9 Å². The Labute approximate surface area is 777 Å². The molecular formula is C109H102Cl2F4N16O. The van der Waals surface area contributed by atoms with Gasteiger partial charge in [-0.2, -0.15) is 0 Å². The summed E-state index contributed by atoms with van der Waals surface area (Å²) in [5.41, 5.74) is 22.6. The van der Waals surface area contributed by atoms with Crippen molar-refractivity contribution in [1.29, 1.82) is 0 Å². The van der Waals surface area contributed by atoms with Gasteiger partial charge in [0.15, 0.2) is 0 Å². The standard InChI is InChI=1S/C30H31FN4.C28H28FN5.C26H23FN4.C25H20Cl2FN3O/c31-26-8-6-24(7-9-26)29-30(25-12-16-32-17-13-25)35-27(10-11-28(35)33-29)21-34-18-14-23(15-19-34)20-22-4-2-1-3-5-22;29-23-8-6-21(7-9-23)27-28(22-12-14-30-15-13-22)34-25(10-11-26(34)31-27)20-32-16-18-33(19-17-32)24-4-2-1-3-5-24;27-21-7-5-19(6-8-21)25-26(20-11-14-28-15-12-20)31-22(9-10-24(31)29-25)17-30-16-13-18-3-1-2-4-23(18)30;26-21-7-1-16(13-22(21)27)14-32-15-20-6-8-23-30-24(17-2-4-19(28)5-3-17)25(31(20)23)18-9-11-29-12-10-18/h1-9,12-13,16-17,23,27H,10-11,14-15,18-21H2;1-9,12-15,25H,10-11,16-20H2;1-8,11-12,14-15,22H,9-10,13,16-17H2;1-5,7,9-13,20H,6,8,14-15H2/t27-;25-;22-;20-/m0000/s1. The number of hydrogen-bond acceptors (Lipinski definition) is 13. The lowest BCUT2D eigenvalue weighted by Crippen LogP contribution is -2.47. The molecule has 23 rings (SSSR count). The van der Waals surface area contributed by atoms with Gasteiger partial charge in [0.1, 0.15) is 46.6 Å². The Balaban J connectivity index is 0.000000110. The number of rotatable bonds is 21. The van der Waals surface area contributed by atoms with Crippen LogP contribution in [0, 0.1) is 29.2 Å². The highest BCUT2D eigenvalue weighted by Crippen LogP contribution is 2.47. The lowest BCUT2D eigenvalue weighted by atomic mass is 9.90. The molecule has 0 spiro atoms. The number of para-hydroxylation sites is 2. The first-order valence-electron chi connectivity index (χ1n) is 46.1. The number of halogens is 6. The molecule has 0 bridgehead atoms. The van der Waals surface area contributed by atoms with E-state index in [1.54, 1.807) is 30.6 Å². The first-order chi connectivity index (χ1) is 64.9. The monoisotopic (exact) mass is 1800 g/mol. The largest absolute Gasteiger partial charge is 0.375 e. The summed E-state index contributed by atoms with van der Waals surface area (Å²) in [5.74, 6) is 4.22. The molecule has 0 unspecified atom stereocenters. The van der Waals surface area contributed by atoms with Gasteiger partial charge in [-0.3, -0.25) is 24.8 Å². The van der Waals surface area contributed by atoms with Crippen molar-refractivity contribution in [3.63, 3.8) is 0 Å². The molecule has 17 nitrogen and oxygen atoms in total. The number of imidazole rings is 4. The van der Waals surface area contributed by atoms with Crippen molar-refractivity contribution in [1.82, 2.24) is 67.9 Å². The molecule has 8 aromatic heterocycles. The van der Waals surface area contributed by atoms with Crippen LogP contribution in [0.5, 0.6) is 0 Å². The number of likely N-dealkylation sites (tertiary alicyclic amines) is 1. The molecule has 2 fully saturated rings. The van der Waals surface area contributed by atoms with Gasteiger partial charge < -0.3 is 37.7 Å². The predicted molar refractivity (Wildman–Crippen MR) is 516 cm³/mol. The van der Waals surface area contributed by atoms with Gasteiger partial charge in [-0.05, 0) is 263 Å². The van der Waals surface area contributed by atoms with Crippen molar-refractivity contribution in [2.24, 2.45) is 5.92 Å². The van der Waals surface area contributed by atoms with Crippen LogP contribution in [0.15, 0.2) is 298 Å². The zero-order chi connectivity index (χ0) is 89.4. The summed E-state index contributed by atoms with van der Waals surface area (Å²) in [6.45, 7) is 11.6. The normalized spacial score (nSPS) is 17.3. The number of aryl methyl sites for hydroxylation is 4. The zero-order valence-corrected chi connectivity index (χ0v) is 75.0. The molecule has 7 aliphatic rings. The average Bonchev–Trinajstić information content (AvgIpc) is 1.61. The molecular weight excluding hydrogens is 1700 g/mol. The summed E-state index contributed by atoms with van der Waals surface area (Å²) < 4.78 is 70.0. The Morgan fingerprint density at radius 2 is 0.689 bits per heavy atom. The van der Waals surface area contributed by atoms with E-state index in [2.05, 4.69) is 155 Å². The van der Waals surface area contributed by atoms with E-state index in [9.17, 15) is 17.6 Å². The van der Waals surface area contributed by atoms with Crippen molar-refractivity contribution in [2.45, 2.75) is 108 Å². The molecule has 4 atom stereocenters. The number of fused-ring (bicyclic) bond motifs is 5. The van der Waals surface area contributed by atoms with E-state index in [0.717, 1.165) is 248 Å². The Morgan fingerprint density at radius 3 is 1.11 bits per heavy atom. The number of benzene rings is 8. The number of hydrogen-bond donors (Lipinski definition) is 0. The number of anilines is 2. The first kappa shape index (κ1) is 87.0. The second kappa shape index (κ2) is 40.0. The van der Waals surface area contributed by atoms with E-state index in [0.29, 0.717) is 41.4 Å². The highest BCUT2D eigenvalue weighted by Gasteiger charge is 2.38. The summed E-state index contributed by atoms with van der Waals surface area (Å²) in [7, 11) is 0. The summed E-state index contributed by atoms with van der Waals surface area (Å²) in [6.07, 6.45) is 27.4. The number of ether oxygens (including phenoxy) is 1. The van der Waals surface area contributed by atoms with Crippen molar-refractivity contribution < 1.29 is 22.3 Å². The molecule has 0 saturated carbocycles. The Bertz CT molecular complexity index is 6580. The molecule has 8 aromatic carbocycles.